The Bertz CT molecular complexity index is 415. The van der Waals surface area contributed by atoms with E-state index in [0.29, 0.717) is 12.1 Å². The van der Waals surface area contributed by atoms with Crippen molar-refractivity contribution in [1.29, 1.82) is 0 Å². The normalized spacial score (nSPS) is 30.7. The number of rotatable bonds is 4. The van der Waals surface area contributed by atoms with Crippen LogP contribution in [0.15, 0.2) is 24.3 Å². The first kappa shape index (κ1) is 12.9. The van der Waals surface area contributed by atoms with Crippen LogP contribution in [-0.4, -0.2) is 23.7 Å². The predicted molar refractivity (Wildman–Crippen MR) is 78.1 cm³/mol. The van der Waals surface area contributed by atoms with Crippen LogP contribution in [0.25, 0.3) is 0 Å². The zero-order chi connectivity index (χ0) is 13.1. The summed E-state index contributed by atoms with van der Waals surface area (Å²) >= 11 is 0. The predicted octanol–water partition coefficient (Wildman–Crippen LogP) is 2.51. The molecule has 3 N–H and O–H groups in total. The molecule has 19 heavy (non-hydrogen) atoms. The van der Waals surface area contributed by atoms with Gasteiger partial charge in [0.25, 0.3) is 0 Å². The Kier molecular flexibility index (Phi) is 4.04. The van der Waals surface area contributed by atoms with E-state index in [2.05, 4.69) is 16.7 Å². The number of para-hydroxylation sites is 1. The van der Waals surface area contributed by atoms with Crippen molar-refractivity contribution in [3.63, 3.8) is 0 Å². The molecule has 1 aliphatic carbocycles. The summed E-state index contributed by atoms with van der Waals surface area (Å²) in [6.07, 6.45) is 6.55. The van der Waals surface area contributed by atoms with Gasteiger partial charge in [0.1, 0.15) is 0 Å². The van der Waals surface area contributed by atoms with Gasteiger partial charge in [-0.15, -0.1) is 0 Å². The average molecular weight is 260 g/mol. The molecule has 104 valence electrons. The van der Waals surface area contributed by atoms with Crippen molar-refractivity contribution in [2.75, 3.05) is 11.9 Å². The van der Waals surface area contributed by atoms with Crippen molar-refractivity contribution in [3.05, 3.63) is 29.8 Å². The standard InChI is InChI=1S/C16H24N2O/c19-11-12-5-1-2-7-14(12)18-16-8-3-6-13(16)15-9-4-10-17-15/h1-2,5,7,13,15-19H,3-4,6,8-11H2. The minimum atomic E-state index is 0.113. The minimum Gasteiger partial charge on any atom is -0.392 e. The van der Waals surface area contributed by atoms with Gasteiger partial charge in [-0.3, -0.25) is 0 Å². The number of hydrogen-bond acceptors (Lipinski definition) is 3. The number of benzene rings is 1. The molecular formula is C16H24N2O. The van der Waals surface area contributed by atoms with Crippen molar-refractivity contribution >= 4 is 5.69 Å². The lowest BCUT2D eigenvalue weighted by Gasteiger charge is -2.28. The molecule has 1 aromatic carbocycles. The maximum atomic E-state index is 9.42. The van der Waals surface area contributed by atoms with Crippen LogP contribution in [0.4, 0.5) is 5.69 Å². The van der Waals surface area contributed by atoms with Gasteiger partial charge in [0.05, 0.1) is 6.61 Å². The Morgan fingerprint density at radius 1 is 1.16 bits per heavy atom. The highest BCUT2D eigenvalue weighted by molar-refractivity contribution is 5.51. The Hall–Kier alpha value is -1.06. The van der Waals surface area contributed by atoms with Crippen molar-refractivity contribution in [3.8, 4) is 0 Å². The van der Waals surface area contributed by atoms with Crippen LogP contribution >= 0.6 is 0 Å². The summed E-state index contributed by atoms with van der Waals surface area (Å²) in [6, 6.07) is 9.37. The smallest absolute Gasteiger partial charge is 0.0701 e. The van der Waals surface area contributed by atoms with Crippen LogP contribution in [0.1, 0.15) is 37.7 Å². The lowest BCUT2D eigenvalue weighted by atomic mass is 9.93. The Morgan fingerprint density at radius 3 is 2.84 bits per heavy atom. The van der Waals surface area contributed by atoms with Crippen molar-refractivity contribution in [2.45, 2.75) is 50.8 Å². The zero-order valence-corrected chi connectivity index (χ0v) is 11.4. The first-order valence-electron chi connectivity index (χ1n) is 7.57. The Labute approximate surface area is 115 Å². The van der Waals surface area contributed by atoms with Gasteiger partial charge < -0.3 is 15.7 Å². The molecule has 1 aromatic rings. The van der Waals surface area contributed by atoms with Crippen LogP contribution in [0, 0.1) is 5.92 Å². The number of aliphatic hydroxyl groups excluding tert-OH is 1. The third-order valence-corrected chi connectivity index (χ3v) is 4.71. The summed E-state index contributed by atoms with van der Waals surface area (Å²) in [5.74, 6) is 0.745. The molecule has 0 aromatic heterocycles. The molecule has 0 radical (unpaired) electrons. The first-order chi connectivity index (χ1) is 9.38. The lowest BCUT2D eigenvalue weighted by molar-refractivity contribution is 0.282. The fourth-order valence-electron chi connectivity index (χ4n) is 3.73. The molecule has 0 bridgehead atoms. The van der Waals surface area contributed by atoms with E-state index in [1.807, 2.05) is 18.2 Å². The minimum absolute atomic E-state index is 0.113. The maximum Gasteiger partial charge on any atom is 0.0701 e. The van der Waals surface area contributed by atoms with E-state index >= 15 is 0 Å². The molecule has 0 amide bonds. The van der Waals surface area contributed by atoms with Gasteiger partial charge in [0.15, 0.2) is 0 Å². The molecular weight excluding hydrogens is 236 g/mol. The highest BCUT2D eigenvalue weighted by Gasteiger charge is 2.34. The van der Waals surface area contributed by atoms with Crippen LogP contribution in [0.5, 0.6) is 0 Å². The third kappa shape index (κ3) is 2.77. The van der Waals surface area contributed by atoms with E-state index < -0.39 is 0 Å². The van der Waals surface area contributed by atoms with Gasteiger partial charge in [-0.2, -0.15) is 0 Å². The van der Waals surface area contributed by atoms with Crippen molar-refractivity contribution in [2.24, 2.45) is 5.92 Å². The highest BCUT2D eigenvalue weighted by Crippen LogP contribution is 2.34. The summed E-state index contributed by atoms with van der Waals surface area (Å²) in [7, 11) is 0. The molecule has 1 aliphatic heterocycles. The zero-order valence-electron chi connectivity index (χ0n) is 11.4. The second kappa shape index (κ2) is 5.93. The molecule has 3 unspecified atom stereocenters. The molecule has 3 rings (SSSR count). The van der Waals surface area contributed by atoms with E-state index in [1.54, 1.807) is 0 Å². The molecule has 3 nitrogen and oxygen atoms in total. The van der Waals surface area contributed by atoms with Crippen molar-refractivity contribution < 1.29 is 5.11 Å². The van der Waals surface area contributed by atoms with Gasteiger partial charge in [0, 0.05) is 23.3 Å². The molecule has 2 aliphatic rings. The summed E-state index contributed by atoms with van der Waals surface area (Å²) in [5.41, 5.74) is 2.12. The summed E-state index contributed by atoms with van der Waals surface area (Å²) in [6.45, 7) is 1.29. The average Bonchev–Trinajstić information content (AvgIpc) is 3.09. The van der Waals surface area contributed by atoms with Gasteiger partial charge in [-0.1, -0.05) is 24.6 Å². The Balaban J connectivity index is 1.70. The van der Waals surface area contributed by atoms with Gasteiger partial charge in [-0.05, 0) is 44.2 Å². The van der Waals surface area contributed by atoms with Crippen LogP contribution in [0.3, 0.4) is 0 Å². The van der Waals surface area contributed by atoms with Crippen LogP contribution in [0.2, 0.25) is 0 Å². The second-order valence-corrected chi connectivity index (χ2v) is 5.86. The molecule has 1 heterocycles. The molecule has 3 heteroatoms. The van der Waals surface area contributed by atoms with Gasteiger partial charge in [-0.25, -0.2) is 0 Å². The summed E-state index contributed by atoms with van der Waals surface area (Å²) in [5, 5.41) is 16.8. The molecule has 3 atom stereocenters. The van der Waals surface area contributed by atoms with Crippen LogP contribution in [-0.2, 0) is 6.61 Å². The second-order valence-electron chi connectivity index (χ2n) is 5.86. The quantitative estimate of drug-likeness (QED) is 0.779. The fourth-order valence-corrected chi connectivity index (χ4v) is 3.73. The first-order valence-corrected chi connectivity index (χ1v) is 7.57. The fraction of sp³-hybridized carbons (Fsp3) is 0.625. The molecule has 1 saturated heterocycles. The highest BCUT2D eigenvalue weighted by atomic mass is 16.3. The van der Waals surface area contributed by atoms with E-state index in [-0.39, 0.29) is 6.61 Å². The molecule has 2 fully saturated rings. The van der Waals surface area contributed by atoms with E-state index in [9.17, 15) is 5.11 Å². The van der Waals surface area contributed by atoms with E-state index in [1.165, 1.54) is 38.6 Å². The lowest BCUT2D eigenvalue weighted by Crippen LogP contribution is -2.38. The van der Waals surface area contributed by atoms with Gasteiger partial charge in [0.2, 0.25) is 0 Å². The summed E-state index contributed by atoms with van der Waals surface area (Å²) < 4.78 is 0. The molecule has 1 saturated carbocycles. The largest absolute Gasteiger partial charge is 0.392 e. The number of aliphatic hydroxyl groups is 1. The summed E-state index contributed by atoms with van der Waals surface area (Å²) in [4.78, 5) is 0. The van der Waals surface area contributed by atoms with E-state index in [4.69, 9.17) is 0 Å². The monoisotopic (exact) mass is 260 g/mol. The Morgan fingerprint density at radius 2 is 2.05 bits per heavy atom. The van der Waals surface area contributed by atoms with Crippen LogP contribution < -0.4 is 10.6 Å². The number of nitrogens with one attached hydrogen (secondary N) is 2. The third-order valence-electron chi connectivity index (χ3n) is 4.71. The van der Waals surface area contributed by atoms with Gasteiger partial charge >= 0.3 is 0 Å². The maximum absolute atomic E-state index is 9.42. The number of anilines is 1. The SMILES string of the molecule is OCc1ccccc1NC1CCCC1C1CCCN1. The topological polar surface area (TPSA) is 44.3 Å². The van der Waals surface area contributed by atoms with E-state index in [0.717, 1.165) is 17.2 Å². The van der Waals surface area contributed by atoms with Crippen molar-refractivity contribution in [1.82, 2.24) is 5.32 Å². The molecule has 0 spiro atoms. The number of hydrogen-bond donors (Lipinski definition) is 3.